The topological polar surface area (TPSA) is 144 Å². The van der Waals surface area contributed by atoms with Gasteiger partial charge in [0.15, 0.2) is 0 Å². The van der Waals surface area contributed by atoms with Crippen molar-refractivity contribution in [3.8, 4) is 5.75 Å². The van der Waals surface area contributed by atoms with Crippen LogP contribution in [0.3, 0.4) is 0 Å². The Labute approximate surface area is 308 Å². The predicted molar refractivity (Wildman–Crippen MR) is 192 cm³/mol. The summed E-state index contributed by atoms with van der Waals surface area (Å²) in [6, 6.07) is 21.2. The Morgan fingerprint density at radius 1 is 0.887 bits per heavy atom. The van der Waals surface area contributed by atoms with Crippen molar-refractivity contribution >= 4 is 52.6 Å². The van der Waals surface area contributed by atoms with Gasteiger partial charge in [-0.15, -0.1) is 0 Å². The van der Waals surface area contributed by atoms with Crippen molar-refractivity contribution in [3.63, 3.8) is 0 Å². The van der Waals surface area contributed by atoms with E-state index in [1.54, 1.807) is 50.2 Å². The number of carbonyl (C=O) groups is 5. The first-order valence-corrected chi connectivity index (χ1v) is 17.6. The van der Waals surface area contributed by atoms with Gasteiger partial charge in [-0.2, -0.15) is 5.01 Å². The molecule has 4 aliphatic rings. The number of allylic oxidation sites excluding steroid dienone is 2. The third-order valence-electron chi connectivity index (χ3n) is 11.5. The number of carboxylic acids is 1. The van der Waals surface area contributed by atoms with Gasteiger partial charge in [0, 0.05) is 10.9 Å². The van der Waals surface area contributed by atoms with Gasteiger partial charge in [0.1, 0.15) is 11.6 Å². The molecule has 4 amide bonds. The van der Waals surface area contributed by atoms with Crippen LogP contribution >= 0.6 is 11.6 Å². The summed E-state index contributed by atoms with van der Waals surface area (Å²) in [6.07, 6.45) is 2.12. The van der Waals surface area contributed by atoms with E-state index in [0.717, 1.165) is 9.91 Å². The molecule has 3 N–H and O–H groups in total. The lowest BCUT2D eigenvalue weighted by atomic mass is 9.49. The monoisotopic (exact) mass is 733 g/mol. The minimum absolute atomic E-state index is 0.0381. The highest BCUT2D eigenvalue weighted by atomic mass is 35.5. The quantitative estimate of drug-likeness (QED) is 0.147. The molecule has 6 unspecified atom stereocenters. The number of amides is 4. The van der Waals surface area contributed by atoms with Gasteiger partial charge in [0.25, 0.3) is 11.8 Å². The lowest BCUT2D eigenvalue weighted by molar-refractivity contribution is -0.138. The first-order chi connectivity index (χ1) is 25.3. The number of fused-ring (bicyclic) bond motifs is 4. The average molecular weight is 734 g/mol. The molecule has 6 atom stereocenters. The molecule has 0 bridgehead atoms. The molecule has 2 aliphatic carbocycles. The van der Waals surface area contributed by atoms with Crippen LogP contribution < -0.4 is 10.3 Å². The number of carbonyl (C=O) groups excluding carboxylic acids is 4. The van der Waals surface area contributed by atoms with E-state index in [2.05, 4.69) is 5.43 Å². The summed E-state index contributed by atoms with van der Waals surface area (Å²) in [4.78, 5) is 71.5. The van der Waals surface area contributed by atoms with Crippen LogP contribution in [0.2, 0.25) is 5.02 Å². The zero-order valence-corrected chi connectivity index (χ0v) is 29.3. The Morgan fingerprint density at radius 2 is 1.57 bits per heavy atom. The number of nitrogens with zero attached hydrogens (tertiary/aromatic N) is 2. The minimum Gasteiger partial charge on any atom is -0.507 e. The van der Waals surface area contributed by atoms with Crippen LogP contribution in [0.15, 0.2) is 96.6 Å². The first kappa shape index (κ1) is 34.3. The van der Waals surface area contributed by atoms with Crippen molar-refractivity contribution in [2.75, 3.05) is 10.3 Å². The fourth-order valence-corrected chi connectivity index (χ4v) is 9.34. The molecule has 0 radical (unpaired) electrons. The third-order valence-corrected chi connectivity index (χ3v) is 11.7. The fraction of sp³-hybridized carbons (Fsp3) is 0.244. The van der Waals surface area contributed by atoms with E-state index in [0.29, 0.717) is 38.5 Å². The van der Waals surface area contributed by atoms with Crippen molar-refractivity contribution in [3.05, 3.63) is 135 Å². The lowest BCUT2D eigenvalue weighted by Crippen LogP contribution is -2.53. The van der Waals surface area contributed by atoms with Crippen molar-refractivity contribution < 1.29 is 38.6 Å². The van der Waals surface area contributed by atoms with Gasteiger partial charge in [-0.3, -0.25) is 29.5 Å². The number of halogens is 2. The van der Waals surface area contributed by atoms with Crippen molar-refractivity contribution in [2.24, 2.45) is 23.7 Å². The number of aromatic hydroxyl groups is 1. The fourth-order valence-electron chi connectivity index (χ4n) is 9.22. The maximum Gasteiger partial charge on any atom is 0.335 e. The van der Waals surface area contributed by atoms with E-state index in [-0.39, 0.29) is 29.8 Å². The smallest absolute Gasteiger partial charge is 0.335 e. The van der Waals surface area contributed by atoms with Gasteiger partial charge in [0.05, 0.1) is 40.1 Å². The number of benzene rings is 4. The zero-order chi connectivity index (χ0) is 37.5. The Bertz CT molecular complexity index is 2270. The van der Waals surface area contributed by atoms with Gasteiger partial charge in [-0.25, -0.2) is 9.18 Å². The molecule has 4 aromatic carbocycles. The summed E-state index contributed by atoms with van der Waals surface area (Å²) in [6.45, 7) is 3.49. The number of aromatic carboxylic acids is 1. The Hall–Kier alpha value is -5.81. The normalized spacial score (nSPS) is 26.3. The number of phenolic OH excluding ortho intramolecular Hbond substituents is 1. The van der Waals surface area contributed by atoms with E-state index in [1.165, 1.54) is 48.5 Å². The molecule has 1 saturated carbocycles. The summed E-state index contributed by atoms with van der Waals surface area (Å²) >= 11 is 6.36. The molecule has 0 aromatic heterocycles. The maximum absolute atomic E-state index is 15.3. The standard InChI is InChI=1S/C41H33ClFN3O7/c1-20-16-23(17-21(2)35(20)47)34-29-14-15-30-33(38(50)45(36(30)48)28-5-3-4-22(18-28)39(51)52)31(29)19-32-37(49)46(44-27-12-10-26(43)11-13-27)40(53)41(32,34)24-6-8-25(42)9-7-24/h3-14,16-18,30-34,44,47H,15,19H2,1-2H3,(H,51,52). The van der Waals surface area contributed by atoms with Crippen LogP contribution in [-0.2, 0) is 24.6 Å². The van der Waals surface area contributed by atoms with Gasteiger partial charge in [-0.05, 0) is 109 Å². The number of nitrogens with one attached hydrogen (secondary N) is 1. The van der Waals surface area contributed by atoms with E-state index < -0.39 is 70.4 Å². The van der Waals surface area contributed by atoms with Crippen molar-refractivity contribution in [1.29, 1.82) is 0 Å². The molecule has 10 nitrogen and oxygen atoms in total. The Balaban J connectivity index is 1.33. The molecule has 2 saturated heterocycles. The SMILES string of the molecule is Cc1cc(C2C3=CCC4C(=O)N(c5cccc(C(=O)O)c5)C(=O)C4C3CC3C(=O)N(Nc4ccc(F)cc4)C(=O)C32c2ccc(Cl)cc2)cc(C)c1O. The molecule has 8 rings (SSSR count). The largest absolute Gasteiger partial charge is 0.507 e. The first-order valence-electron chi connectivity index (χ1n) is 17.2. The van der Waals surface area contributed by atoms with E-state index in [4.69, 9.17) is 11.6 Å². The number of imide groups is 2. The van der Waals surface area contributed by atoms with Gasteiger partial charge >= 0.3 is 5.97 Å². The van der Waals surface area contributed by atoms with Crippen LogP contribution in [0.25, 0.3) is 0 Å². The molecule has 53 heavy (non-hydrogen) atoms. The van der Waals surface area contributed by atoms with Crippen LogP contribution in [0.5, 0.6) is 5.75 Å². The van der Waals surface area contributed by atoms with Gasteiger partial charge in [0.2, 0.25) is 11.8 Å². The van der Waals surface area contributed by atoms with E-state index in [9.17, 15) is 33.8 Å². The Morgan fingerprint density at radius 3 is 2.23 bits per heavy atom. The number of hydrazine groups is 1. The van der Waals surface area contributed by atoms with Gasteiger partial charge < -0.3 is 10.2 Å². The van der Waals surface area contributed by atoms with Crippen LogP contribution in [0.4, 0.5) is 15.8 Å². The summed E-state index contributed by atoms with van der Waals surface area (Å²) in [5.41, 5.74) is 4.70. The Kier molecular flexibility index (Phi) is 8.03. The molecule has 2 heterocycles. The summed E-state index contributed by atoms with van der Waals surface area (Å²) in [5.74, 6) is -7.93. The highest BCUT2D eigenvalue weighted by Gasteiger charge is 2.70. The molecule has 4 aromatic rings. The molecule has 2 aliphatic heterocycles. The maximum atomic E-state index is 15.3. The number of hydrogen-bond donors (Lipinski definition) is 3. The average Bonchev–Trinajstić information content (AvgIpc) is 3.52. The second-order valence-electron chi connectivity index (χ2n) is 14.2. The van der Waals surface area contributed by atoms with E-state index in [1.807, 2.05) is 6.08 Å². The number of aryl methyl sites for hydroxylation is 2. The summed E-state index contributed by atoms with van der Waals surface area (Å²) in [7, 11) is 0. The highest BCUT2D eigenvalue weighted by Crippen LogP contribution is 2.64. The molecular weight excluding hydrogens is 701 g/mol. The van der Waals surface area contributed by atoms with Crippen LogP contribution in [-0.4, -0.2) is 44.8 Å². The van der Waals surface area contributed by atoms with E-state index >= 15 is 4.79 Å². The molecule has 0 spiro atoms. The minimum atomic E-state index is -1.57. The number of rotatable bonds is 6. The van der Waals surface area contributed by atoms with Gasteiger partial charge in [-0.1, -0.05) is 53.6 Å². The predicted octanol–water partition coefficient (Wildman–Crippen LogP) is 6.69. The lowest BCUT2D eigenvalue weighted by Gasteiger charge is -2.50. The summed E-state index contributed by atoms with van der Waals surface area (Å²) < 4.78 is 13.9. The zero-order valence-electron chi connectivity index (χ0n) is 28.5. The summed E-state index contributed by atoms with van der Waals surface area (Å²) in [5, 5.41) is 21.9. The van der Waals surface area contributed by atoms with Crippen LogP contribution in [0, 0.1) is 43.3 Å². The van der Waals surface area contributed by atoms with Crippen molar-refractivity contribution in [2.45, 2.75) is 38.0 Å². The highest BCUT2D eigenvalue weighted by molar-refractivity contribution is 6.30. The molecule has 3 fully saturated rings. The number of phenols is 1. The second kappa shape index (κ2) is 12.4. The number of carboxylic acid groups (broad SMARTS) is 1. The molecule has 12 heteroatoms. The number of anilines is 2. The molecular formula is C41H33ClFN3O7. The third kappa shape index (κ3) is 5.08. The number of hydrogen-bond acceptors (Lipinski definition) is 7. The second-order valence-corrected chi connectivity index (χ2v) is 14.7. The van der Waals surface area contributed by atoms with Crippen LogP contribution in [0.1, 0.15) is 51.4 Å². The van der Waals surface area contributed by atoms with Crippen molar-refractivity contribution in [1.82, 2.24) is 5.01 Å². The molecule has 268 valence electrons.